The zero-order chi connectivity index (χ0) is 13.0. The van der Waals surface area contributed by atoms with E-state index in [1.807, 2.05) is 12.1 Å². The molecule has 1 fully saturated rings. The second-order valence-electron chi connectivity index (χ2n) is 5.77. The third-order valence-corrected chi connectivity index (χ3v) is 4.42. The number of halogens is 1. The molecule has 1 N–H and O–H groups in total. The van der Waals surface area contributed by atoms with Gasteiger partial charge in [0.15, 0.2) is 0 Å². The topological polar surface area (TPSA) is 12.0 Å². The molecule has 1 atom stereocenters. The van der Waals surface area contributed by atoms with Crippen LogP contribution >= 0.6 is 0 Å². The van der Waals surface area contributed by atoms with Crippen molar-refractivity contribution in [3.63, 3.8) is 0 Å². The largest absolute Gasteiger partial charge is 0.313 e. The van der Waals surface area contributed by atoms with E-state index in [9.17, 15) is 4.39 Å². The Labute approximate surface area is 110 Å². The monoisotopic (exact) mass is 249 g/mol. The van der Waals surface area contributed by atoms with Gasteiger partial charge in [-0.3, -0.25) is 0 Å². The first-order valence-corrected chi connectivity index (χ1v) is 7.12. The molecule has 1 aromatic rings. The second kappa shape index (κ2) is 5.83. The first-order chi connectivity index (χ1) is 8.65. The molecule has 0 bridgehead atoms. The van der Waals surface area contributed by atoms with Crippen LogP contribution in [-0.4, -0.2) is 12.6 Å². The highest BCUT2D eigenvalue weighted by molar-refractivity contribution is 5.19. The van der Waals surface area contributed by atoms with Crippen molar-refractivity contribution in [2.75, 3.05) is 6.54 Å². The summed E-state index contributed by atoms with van der Waals surface area (Å²) in [6.07, 6.45) is 5.96. The molecule has 0 aliphatic heterocycles. The van der Waals surface area contributed by atoms with Crippen molar-refractivity contribution in [2.24, 2.45) is 5.41 Å². The average Bonchev–Trinajstić information content (AvgIpc) is 2.79. The second-order valence-corrected chi connectivity index (χ2v) is 5.77. The standard InChI is InChI=1S/C16H24FN/c1-3-18-15(16(2)10-6-7-11-16)12-13-8-4-5-9-14(13)17/h4-5,8-9,15,18H,3,6-7,10-12H2,1-2H3. The molecule has 0 spiro atoms. The van der Waals surface area contributed by atoms with Crippen LogP contribution in [0.2, 0.25) is 0 Å². The van der Waals surface area contributed by atoms with E-state index >= 15 is 0 Å². The molecule has 1 aromatic carbocycles. The Kier molecular flexibility index (Phi) is 4.39. The van der Waals surface area contributed by atoms with Gasteiger partial charge in [0.1, 0.15) is 5.82 Å². The van der Waals surface area contributed by atoms with Gasteiger partial charge in [-0.15, -0.1) is 0 Å². The predicted octanol–water partition coefficient (Wildman–Crippen LogP) is 3.93. The van der Waals surface area contributed by atoms with Crippen LogP contribution in [-0.2, 0) is 6.42 Å². The van der Waals surface area contributed by atoms with Crippen LogP contribution in [0.1, 0.15) is 45.1 Å². The van der Waals surface area contributed by atoms with E-state index in [0.717, 1.165) is 18.5 Å². The minimum absolute atomic E-state index is 0.0676. The van der Waals surface area contributed by atoms with Crippen LogP contribution in [0.25, 0.3) is 0 Å². The van der Waals surface area contributed by atoms with Crippen LogP contribution in [0.5, 0.6) is 0 Å². The molecule has 2 heteroatoms. The van der Waals surface area contributed by atoms with Gasteiger partial charge >= 0.3 is 0 Å². The van der Waals surface area contributed by atoms with Crippen molar-refractivity contribution < 1.29 is 4.39 Å². The van der Waals surface area contributed by atoms with Crippen molar-refractivity contribution in [1.82, 2.24) is 5.32 Å². The predicted molar refractivity (Wildman–Crippen MR) is 74.1 cm³/mol. The van der Waals surface area contributed by atoms with Crippen LogP contribution in [0.15, 0.2) is 24.3 Å². The summed E-state index contributed by atoms with van der Waals surface area (Å²) in [5.74, 6) is -0.0676. The molecular formula is C16H24FN. The zero-order valence-electron chi connectivity index (χ0n) is 11.5. The van der Waals surface area contributed by atoms with E-state index in [4.69, 9.17) is 0 Å². The first-order valence-electron chi connectivity index (χ1n) is 7.12. The van der Waals surface area contributed by atoms with Crippen LogP contribution in [0, 0.1) is 11.2 Å². The fourth-order valence-electron chi connectivity index (χ4n) is 3.23. The number of nitrogens with one attached hydrogen (secondary N) is 1. The van der Waals surface area contributed by atoms with E-state index in [1.54, 1.807) is 12.1 Å². The van der Waals surface area contributed by atoms with Gasteiger partial charge in [-0.05, 0) is 42.9 Å². The summed E-state index contributed by atoms with van der Waals surface area (Å²) < 4.78 is 13.8. The molecule has 0 saturated heterocycles. The molecule has 1 unspecified atom stereocenters. The summed E-state index contributed by atoms with van der Waals surface area (Å²) in [6.45, 7) is 5.44. The van der Waals surface area contributed by atoms with E-state index in [0.29, 0.717) is 11.5 Å². The summed E-state index contributed by atoms with van der Waals surface area (Å²) in [4.78, 5) is 0. The van der Waals surface area contributed by atoms with Crippen molar-refractivity contribution in [2.45, 2.75) is 52.0 Å². The van der Waals surface area contributed by atoms with Crippen molar-refractivity contribution >= 4 is 0 Å². The first kappa shape index (κ1) is 13.5. The lowest BCUT2D eigenvalue weighted by molar-refractivity contribution is 0.220. The van der Waals surface area contributed by atoms with Gasteiger partial charge in [0.2, 0.25) is 0 Å². The molecule has 0 heterocycles. The molecule has 2 rings (SSSR count). The van der Waals surface area contributed by atoms with Crippen molar-refractivity contribution in [3.05, 3.63) is 35.6 Å². The van der Waals surface area contributed by atoms with Crippen LogP contribution in [0.3, 0.4) is 0 Å². The van der Waals surface area contributed by atoms with Gasteiger partial charge in [0.05, 0.1) is 0 Å². The summed E-state index contributed by atoms with van der Waals surface area (Å²) in [5, 5.41) is 3.57. The Bertz CT molecular complexity index is 382. The Morgan fingerprint density at radius 3 is 2.56 bits per heavy atom. The highest BCUT2D eigenvalue weighted by Gasteiger charge is 2.36. The lowest BCUT2D eigenvalue weighted by Gasteiger charge is -2.35. The fraction of sp³-hybridized carbons (Fsp3) is 0.625. The van der Waals surface area contributed by atoms with Gasteiger partial charge in [-0.25, -0.2) is 4.39 Å². The molecular weight excluding hydrogens is 225 g/mol. The normalized spacial score (nSPS) is 19.9. The van der Waals surface area contributed by atoms with E-state index in [-0.39, 0.29) is 5.82 Å². The minimum Gasteiger partial charge on any atom is -0.313 e. The van der Waals surface area contributed by atoms with Gasteiger partial charge < -0.3 is 5.32 Å². The number of rotatable bonds is 5. The lowest BCUT2D eigenvalue weighted by atomic mass is 9.77. The van der Waals surface area contributed by atoms with E-state index in [1.165, 1.54) is 25.7 Å². The third kappa shape index (κ3) is 2.92. The maximum absolute atomic E-state index is 13.8. The van der Waals surface area contributed by atoms with Gasteiger partial charge in [0, 0.05) is 6.04 Å². The average molecular weight is 249 g/mol. The molecule has 18 heavy (non-hydrogen) atoms. The van der Waals surface area contributed by atoms with Gasteiger partial charge in [-0.1, -0.05) is 44.9 Å². The number of likely N-dealkylation sites (N-methyl/N-ethyl adjacent to an activating group) is 1. The Hall–Kier alpha value is -0.890. The molecule has 1 saturated carbocycles. The Morgan fingerprint density at radius 2 is 1.94 bits per heavy atom. The van der Waals surface area contributed by atoms with Crippen LogP contribution < -0.4 is 5.32 Å². The lowest BCUT2D eigenvalue weighted by Crippen LogP contribution is -2.43. The smallest absolute Gasteiger partial charge is 0.126 e. The van der Waals surface area contributed by atoms with Crippen LogP contribution in [0.4, 0.5) is 4.39 Å². The quantitative estimate of drug-likeness (QED) is 0.834. The Balaban J connectivity index is 2.13. The van der Waals surface area contributed by atoms with Gasteiger partial charge in [0.25, 0.3) is 0 Å². The number of benzene rings is 1. The van der Waals surface area contributed by atoms with Crippen molar-refractivity contribution in [1.29, 1.82) is 0 Å². The maximum Gasteiger partial charge on any atom is 0.126 e. The summed E-state index contributed by atoms with van der Waals surface area (Å²) in [6, 6.07) is 7.56. The van der Waals surface area contributed by atoms with E-state index < -0.39 is 0 Å². The molecule has 100 valence electrons. The summed E-state index contributed by atoms with van der Waals surface area (Å²) in [5.41, 5.74) is 1.18. The number of hydrogen-bond donors (Lipinski definition) is 1. The minimum atomic E-state index is -0.0676. The molecule has 1 aliphatic carbocycles. The number of hydrogen-bond acceptors (Lipinski definition) is 1. The SMILES string of the molecule is CCNC(Cc1ccccc1F)C1(C)CCCC1. The van der Waals surface area contributed by atoms with E-state index in [2.05, 4.69) is 19.2 Å². The zero-order valence-corrected chi connectivity index (χ0v) is 11.5. The summed E-state index contributed by atoms with van der Waals surface area (Å²) >= 11 is 0. The molecule has 0 amide bonds. The maximum atomic E-state index is 13.8. The molecule has 0 radical (unpaired) electrons. The fourth-order valence-corrected chi connectivity index (χ4v) is 3.23. The molecule has 1 aliphatic rings. The highest BCUT2D eigenvalue weighted by Crippen LogP contribution is 2.41. The molecule has 1 nitrogen and oxygen atoms in total. The van der Waals surface area contributed by atoms with Gasteiger partial charge in [-0.2, -0.15) is 0 Å². The van der Waals surface area contributed by atoms with Crippen molar-refractivity contribution in [3.8, 4) is 0 Å². The Morgan fingerprint density at radius 1 is 1.28 bits per heavy atom. The highest BCUT2D eigenvalue weighted by atomic mass is 19.1. The third-order valence-electron chi connectivity index (χ3n) is 4.42. The molecule has 0 aromatic heterocycles. The summed E-state index contributed by atoms with van der Waals surface area (Å²) in [7, 11) is 0.